The van der Waals surface area contributed by atoms with Crippen molar-refractivity contribution < 1.29 is 19.4 Å². The lowest BCUT2D eigenvalue weighted by atomic mass is 10.3. The molecule has 0 atom stereocenters. The van der Waals surface area contributed by atoms with Gasteiger partial charge in [-0.3, -0.25) is 0 Å². The molecule has 14 heavy (non-hydrogen) atoms. The second kappa shape index (κ2) is 6.78. The molecule has 0 aromatic heterocycles. The smallest absolute Gasteiger partial charge is 0.341 e. The highest BCUT2D eigenvalue weighted by molar-refractivity contribution is 8.21. The van der Waals surface area contributed by atoms with Gasteiger partial charge in [0.1, 0.15) is 5.57 Å². The molecule has 0 fully saturated rings. The highest BCUT2D eigenvalue weighted by Crippen LogP contribution is 2.27. The minimum atomic E-state index is -1.50. The highest BCUT2D eigenvalue weighted by Gasteiger charge is 2.17. The number of esters is 1. The normalized spacial score (nSPS) is 9.36. The van der Waals surface area contributed by atoms with Crippen LogP contribution in [0.25, 0.3) is 0 Å². The fraction of sp³-hybridized carbons (Fsp3) is 0.500. The van der Waals surface area contributed by atoms with Crippen LogP contribution in [0.2, 0.25) is 0 Å². The zero-order chi connectivity index (χ0) is 11.1. The number of carbonyl (C=O) groups excluding carboxylic acids is 2. The molecule has 0 aliphatic heterocycles. The first-order valence-electron chi connectivity index (χ1n) is 3.79. The summed E-state index contributed by atoms with van der Waals surface area (Å²) in [5.74, 6) is -2.34. The van der Waals surface area contributed by atoms with Crippen molar-refractivity contribution in [2.75, 3.05) is 19.1 Å². The molecule has 0 spiro atoms. The number of carbonyl (C=O) groups is 2. The quantitative estimate of drug-likeness (QED) is 0.294. The summed E-state index contributed by atoms with van der Waals surface area (Å²) in [7, 11) is 0. The summed E-state index contributed by atoms with van der Waals surface area (Å²) in [6, 6.07) is 0. The Bertz CT molecular complexity index is 254. The second-order valence-corrected chi connectivity index (χ2v) is 3.97. The van der Waals surface area contributed by atoms with Gasteiger partial charge in [0.15, 0.2) is 0 Å². The molecule has 80 valence electrons. The van der Waals surface area contributed by atoms with Crippen LogP contribution in [0.5, 0.6) is 0 Å². The van der Waals surface area contributed by atoms with Crippen molar-refractivity contribution in [1.29, 1.82) is 0 Å². The Morgan fingerprint density at radius 3 is 2.07 bits per heavy atom. The van der Waals surface area contributed by atoms with Crippen LogP contribution in [-0.2, 0) is 14.3 Å². The van der Waals surface area contributed by atoms with E-state index in [-0.39, 0.29) is 6.61 Å². The molecular formula is C8H11O4S2-. The Morgan fingerprint density at radius 1 is 1.29 bits per heavy atom. The second-order valence-electron chi connectivity index (χ2n) is 2.08. The van der Waals surface area contributed by atoms with E-state index in [4.69, 9.17) is 0 Å². The summed E-state index contributed by atoms with van der Waals surface area (Å²) in [5.41, 5.74) is -0.396. The van der Waals surface area contributed by atoms with Crippen molar-refractivity contribution in [3.05, 3.63) is 9.81 Å². The first kappa shape index (κ1) is 13.4. The number of hydrogen-bond donors (Lipinski definition) is 0. The van der Waals surface area contributed by atoms with Crippen molar-refractivity contribution in [2.24, 2.45) is 0 Å². The molecule has 0 bridgehead atoms. The van der Waals surface area contributed by atoms with E-state index in [9.17, 15) is 14.7 Å². The summed E-state index contributed by atoms with van der Waals surface area (Å²) in [6.07, 6.45) is 3.38. The van der Waals surface area contributed by atoms with Gasteiger partial charge in [-0.15, -0.1) is 23.5 Å². The van der Waals surface area contributed by atoms with E-state index in [0.29, 0.717) is 4.24 Å². The summed E-state index contributed by atoms with van der Waals surface area (Å²) in [6.45, 7) is 1.76. The van der Waals surface area contributed by atoms with Crippen molar-refractivity contribution in [3.63, 3.8) is 0 Å². The molecule has 0 aliphatic carbocycles. The molecule has 0 amide bonds. The Hall–Kier alpha value is -0.620. The number of carboxylic acid groups (broad SMARTS) is 1. The number of aliphatic carboxylic acids is 1. The molecule has 0 radical (unpaired) electrons. The average molecular weight is 235 g/mol. The van der Waals surface area contributed by atoms with Crippen LogP contribution >= 0.6 is 23.5 Å². The highest BCUT2D eigenvalue weighted by atomic mass is 32.2. The Labute approximate surface area is 91.1 Å². The predicted octanol–water partition coefficient (Wildman–Crippen LogP) is 0.237. The lowest BCUT2D eigenvalue weighted by molar-refractivity contribution is -0.299. The molecule has 4 nitrogen and oxygen atoms in total. The molecule has 0 N–H and O–H groups in total. The Balaban J connectivity index is 5.01. The Morgan fingerprint density at radius 2 is 1.79 bits per heavy atom. The van der Waals surface area contributed by atoms with Crippen LogP contribution in [0.1, 0.15) is 6.92 Å². The maximum absolute atomic E-state index is 11.2. The van der Waals surface area contributed by atoms with Crippen LogP contribution in [0, 0.1) is 0 Å². The van der Waals surface area contributed by atoms with Gasteiger partial charge in [0.25, 0.3) is 0 Å². The van der Waals surface area contributed by atoms with Crippen LogP contribution in [0.15, 0.2) is 9.81 Å². The van der Waals surface area contributed by atoms with Crippen molar-refractivity contribution in [1.82, 2.24) is 0 Å². The first-order chi connectivity index (χ1) is 6.58. The van der Waals surface area contributed by atoms with Gasteiger partial charge >= 0.3 is 5.97 Å². The third-order valence-electron chi connectivity index (χ3n) is 1.26. The number of carboxylic acids is 1. The van der Waals surface area contributed by atoms with Gasteiger partial charge in [-0.05, 0) is 19.4 Å². The summed E-state index contributed by atoms with van der Waals surface area (Å²) in [5, 5.41) is 10.7. The van der Waals surface area contributed by atoms with E-state index >= 15 is 0 Å². The van der Waals surface area contributed by atoms with Crippen molar-refractivity contribution in [2.45, 2.75) is 6.92 Å². The molecule has 0 aromatic rings. The van der Waals surface area contributed by atoms with Gasteiger partial charge in [-0.25, -0.2) is 4.79 Å². The van der Waals surface area contributed by atoms with Gasteiger partial charge in [0, 0.05) is 0 Å². The van der Waals surface area contributed by atoms with Crippen LogP contribution in [0.3, 0.4) is 0 Å². The maximum atomic E-state index is 11.2. The average Bonchev–Trinajstić information content (AvgIpc) is 2.13. The third kappa shape index (κ3) is 3.63. The molecule has 0 heterocycles. The molecule has 0 aliphatic rings. The molecule has 0 unspecified atom stereocenters. The van der Waals surface area contributed by atoms with Gasteiger partial charge in [0.05, 0.1) is 16.8 Å². The zero-order valence-electron chi connectivity index (χ0n) is 8.16. The monoisotopic (exact) mass is 235 g/mol. The lowest BCUT2D eigenvalue weighted by Crippen LogP contribution is -2.30. The summed E-state index contributed by atoms with van der Waals surface area (Å²) in [4.78, 5) is 21.9. The standard InChI is InChI=1S/C8H12O4S2/c1-4-12-7(11)5(6(9)10)8(13-2)14-3/h4H2,1-3H3,(H,9,10)/p-1. The van der Waals surface area contributed by atoms with Crippen molar-refractivity contribution >= 4 is 35.5 Å². The molecule has 0 saturated heterocycles. The molecule has 0 saturated carbocycles. The summed E-state index contributed by atoms with van der Waals surface area (Å²) < 4.78 is 5.00. The molecule has 6 heteroatoms. The minimum Gasteiger partial charge on any atom is -0.544 e. The first-order valence-corrected chi connectivity index (χ1v) is 6.24. The topological polar surface area (TPSA) is 66.4 Å². The fourth-order valence-corrected chi connectivity index (χ4v) is 2.15. The van der Waals surface area contributed by atoms with Crippen LogP contribution < -0.4 is 5.11 Å². The third-order valence-corrected chi connectivity index (χ3v) is 3.41. The number of rotatable bonds is 5. The molecule has 0 aromatic carbocycles. The van der Waals surface area contributed by atoms with E-state index in [2.05, 4.69) is 4.74 Å². The van der Waals surface area contributed by atoms with Gasteiger partial charge in [0.2, 0.25) is 0 Å². The van der Waals surface area contributed by atoms with E-state index in [1.165, 1.54) is 23.5 Å². The van der Waals surface area contributed by atoms with E-state index < -0.39 is 17.5 Å². The zero-order valence-corrected chi connectivity index (χ0v) is 9.79. The van der Waals surface area contributed by atoms with Gasteiger partial charge in [-0.2, -0.15) is 0 Å². The van der Waals surface area contributed by atoms with Gasteiger partial charge in [-0.1, -0.05) is 0 Å². The molecular weight excluding hydrogens is 224 g/mol. The van der Waals surface area contributed by atoms with Crippen LogP contribution in [0.4, 0.5) is 0 Å². The molecule has 0 rings (SSSR count). The number of hydrogen-bond acceptors (Lipinski definition) is 6. The summed E-state index contributed by atoms with van der Waals surface area (Å²) >= 11 is 2.36. The lowest BCUT2D eigenvalue weighted by Gasteiger charge is -2.11. The number of ether oxygens (including phenoxy) is 1. The van der Waals surface area contributed by atoms with Crippen molar-refractivity contribution in [3.8, 4) is 0 Å². The van der Waals surface area contributed by atoms with E-state index in [1.807, 2.05) is 0 Å². The predicted molar refractivity (Wildman–Crippen MR) is 55.7 cm³/mol. The Kier molecular flexibility index (Phi) is 6.48. The fourth-order valence-electron chi connectivity index (χ4n) is 0.741. The SMILES string of the molecule is CCOC(=O)C(C(=O)[O-])=C(SC)SC. The van der Waals surface area contributed by atoms with E-state index in [1.54, 1.807) is 19.4 Å². The van der Waals surface area contributed by atoms with E-state index in [0.717, 1.165) is 0 Å². The maximum Gasteiger partial charge on any atom is 0.341 e. The number of thioether (sulfide) groups is 2. The van der Waals surface area contributed by atoms with Crippen LogP contribution in [-0.4, -0.2) is 31.1 Å². The minimum absolute atomic E-state index is 0.144. The largest absolute Gasteiger partial charge is 0.544 e. The van der Waals surface area contributed by atoms with Gasteiger partial charge < -0.3 is 14.6 Å².